The first-order chi connectivity index (χ1) is 8.72. The quantitative estimate of drug-likeness (QED) is 0.588. The molecule has 1 aromatic carbocycles. The zero-order valence-corrected chi connectivity index (χ0v) is 10.8. The van der Waals surface area contributed by atoms with Crippen molar-refractivity contribution in [1.82, 2.24) is 0 Å². The third-order valence-electron chi connectivity index (χ3n) is 4.48. The molecule has 0 spiro atoms. The Balaban J connectivity index is 2.02. The topological polar surface area (TPSA) is 26.3 Å². The second-order valence-corrected chi connectivity index (χ2v) is 5.38. The van der Waals surface area contributed by atoms with Gasteiger partial charge >= 0.3 is 5.97 Å². The van der Waals surface area contributed by atoms with Gasteiger partial charge in [0.25, 0.3) is 0 Å². The fraction of sp³-hybridized carbons (Fsp3) is 0.438. The van der Waals surface area contributed by atoms with E-state index >= 15 is 0 Å². The van der Waals surface area contributed by atoms with Crippen LogP contribution in [0.1, 0.15) is 23.5 Å². The van der Waals surface area contributed by atoms with Crippen LogP contribution < -0.4 is 0 Å². The summed E-state index contributed by atoms with van der Waals surface area (Å²) in [4.78, 5) is 12.0. The minimum Gasteiger partial charge on any atom is -0.469 e. The lowest BCUT2D eigenvalue weighted by Gasteiger charge is -2.27. The predicted molar refractivity (Wildman–Crippen MR) is 70.2 cm³/mol. The molecular weight excluding hydrogens is 224 g/mol. The minimum absolute atomic E-state index is 0.00565. The summed E-state index contributed by atoms with van der Waals surface area (Å²) in [6, 6.07) is 8.39. The van der Waals surface area contributed by atoms with Gasteiger partial charge in [-0.2, -0.15) is 0 Å². The van der Waals surface area contributed by atoms with Gasteiger partial charge in [0.15, 0.2) is 0 Å². The standard InChI is InChI=1S/C16H18O2/c1-10-5-3-4-6-13(10)14-11-7-8-12(9-11)15(14)16(17)18-2/h3-8,11-12,14-15H,9H2,1-2H3/t11-,12+,14-,15+/m1/s1. The Morgan fingerprint density at radius 1 is 1.22 bits per heavy atom. The molecule has 1 fully saturated rings. The molecule has 3 rings (SSSR count). The molecule has 0 aromatic heterocycles. The third-order valence-corrected chi connectivity index (χ3v) is 4.48. The van der Waals surface area contributed by atoms with Crippen LogP contribution in [0.2, 0.25) is 0 Å². The SMILES string of the molecule is COC(=O)[C@@H]1[C@@H](c2ccccc2C)[C@@H]2C=C[C@H]1C2. The van der Waals surface area contributed by atoms with E-state index in [1.165, 1.54) is 18.2 Å². The highest BCUT2D eigenvalue weighted by molar-refractivity contribution is 5.75. The summed E-state index contributed by atoms with van der Waals surface area (Å²) in [6.07, 6.45) is 5.57. The number of benzene rings is 1. The number of hydrogen-bond acceptors (Lipinski definition) is 2. The maximum Gasteiger partial charge on any atom is 0.309 e. The third kappa shape index (κ3) is 1.59. The number of hydrogen-bond donors (Lipinski definition) is 0. The van der Waals surface area contributed by atoms with Crippen LogP contribution in [0.4, 0.5) is 0 Å². The molecule has 2 aliphatic carbocycles. The molecule has 2 bridgehead atoms. The lowest BCUT2D eigenvalue weighted by atomic mass is 9.77. The molecule has 0 aliphatic heterocycles. The molecule has 94 valence electrons. The van der Waals surface area contributed by atoms with E-state index < -0.39 is 0 Å². The van der Waals surface area contributed by atoms with Crippen molar-refractivity contribution < 1.29 is 9.53 Å². The molecule has 2 heteroatoms. The molecule has 18 heavy (non-hydrogen) atoms. The first-order valence-corrected chi connectivity index (χ1v) is 6.54. The monoisotopic (exact) mass is 242 g/mol. The summed E-state index contributed by atoms with van der Waals surface area (Å²) in [7, 11) is 1.49. The predicted octanol–water partition coefficient (Wildman–Crippen LogP) is 3.07. The summed E-state index contributed by atoms with van der Waals surface area (Å²) in [5, 5.41) is 0. The van der Waals surface area contributed by atoms with Crippen molar-refractivity contribution in [3.05, 3.63) is 47.5 Å². The Morgan fingerprint density at radius 3 is 2.67 bits per heavy atom. The van der Waals surface area contributed by atoms with Crippen LogP contribution in [0.5, 0.6) is 0 Å². The Labute approximate surface area is 108 Å². The molecule has 0 heterocycles. The average molecular weight is 242 g/mol. The largest absolute Gasteiger partial charge is 0.469 e. The number of aryl methyl sites for hydroxylation is 1. The van der Waals surface area contributed by atoms with Gasteiger partial charge in [-0.05, 0) is 36.3 Å². The first-order valence-electron chi connectivity index (χ1n) is 6.54. The highest BCUT2D eigenvalue weighted by Gasteiger charge is 2.49. The molecular formula is C16H18O2. The van der Waals surface area contributed by atoms with Crippen LogP contribution in [0.3, 0.4) is 0 Å². The van der Waals surface area contributed by atoms with Crippen molar-refractivity contribution in [3.8, 4) is 0 Å². The highest BCUT2D eigenvalue weighted by atomic mass is 16.5. The zero-order valence-electron chi connectivity index (χ0n) is 10.8. The van der Waals surface area contributed by atoms with Crippen molar-refractivity contribution >= 4 is 5.97 Å². The van der Waals surface area contributed by atoms with Gasteiger partial charge in [-0.3, -0.25) is 4.79 Å². The Hall–Kier alpha value is -1.57. The van der Waals surface area contributed by atoms with Crippen LogP contribution in [0, 0.1) is 24.7 Å². The lowest BCUT2D eigenvalue weighted by molar-refractivity contribution is -0.146. The Kier molecular flexibility index (Phi) is 2.73. The smallest absolute Gasteiger partial charge is 0.309 e. The number of carbonyl (C=O) groups is 1. The van der Waals surface area contributed by atoms with Gasteiger partial charge in [0.05, 0.1) is 13.0 Å². The molecule has 0 amide bonds. The number of methoxy groups -OCH3 is 1. The number of ether oxygens (including phenoxy) is 1. The molecule has 0 unspecified atom stereocenters. The number of rotatable bonds is 2. The van der Waals surface area contributed by atoms with Crippen molar-refractivity contribution in [1.29, 1.82) is 0 Å². The van der Waals surface area contributed by atoms with Gasteiger partial charge < -0.3 is 4.74 Å². The second kappa shape index (κ2) is 4.27. The van der Waals surface area contributed by atoms with E-state index in [0.29, 0.717) is 17.8 Å². The number of carbonyl (C=O) groups excluding carboxylic acids is 1. The highest BCUT2D eigenvalue weighted by Crippen LogP contribution is 2.53. The van der Waals surface area contributed by atoms with Gasteiger partial charge in [0.1, 0.15) is 0 Å². The van der Waals surface area contributed by atoms with Crippen LogP contribution in [0.15, 0.2) is 36.4 Å². The lowest BCUT2D eigenvalue weighted by Crippen LogP contribution is -2.27. The first kappa shape index (κ1) is 11.5. The van der Waals surface area contributed by atoms with E-state index in [1.54, 1.807) is 0 Å². The number of fused-ring (bicyclic) bond motifs is 2. The van der Waals surface area contributed by atoms with Crippen molar-refractivity contribution in [2.24, 2.45) is 17.8 Å². The molecule has 0 N–H and O–H groups in total. The summed E-state index contributed by atoms with van der Waals surface area (Å²) in [5.74, 6) is 1.12. The number of esters is 1. The molecule has 2 nitrogen and oxygen atoms in total. The second-order valence-electron chi connectivity index (χ2n) is 5.38. The molecule has 4 atom stereocenters. The van der Waals surface area contributed by atoms with Gasteiger partial charge in [-0.1, -0.05) is 36.4 Å². The summed E-state index contributed by atoms with van der Waals surface area (Å²) >= 11 is 0. The molecule has 0 saturated heterocycles. The van der Waals surface area contributed by atoms with Crippen molar-refractivity contribution in [2.45, 2.75) is 19.3 Å². The molecule has 1 saturated carbocycles. The molecule has 0 radical (unpaired) electrons. The fourth-order valence-corrected chi connectivity index (χ4v) is 3.66. The Morgan fingerprint density at radius 2 is 1.94 bits per heavy atom. The van der Waals surface area contributed by atoms with Crippen LogP contribution in [0.25, 0.3) is 0 Å². The normalized spacial score (nSPS) is 32.8. The van der Waals surface area contributed by atoms with Gasteiger partial charge in [-0.15, -0.1) is 0 Å². The van der Waals surface area contributed by atoms with Gasteiger partial charge in [0, 0.05) is 5.92 Å². The molecule has 2 aliphatic rings. The zero-order chi connectivity index (χ0) is 12.7. The van der Waals surface area contributed by atoms with Crippen LogP contribution in [-0.4, -0.2) is 13.1 Å². The van der Waals surface area contributed by atoms with E-state index in [-0.39, 0.29) is 11.9 Å². The minimum atomic E-state index is -0.0555. The molecule has 1 aromatic rings. The fourth-order valence-electron chi connectivity index (χ4n) is 3.66. The van der Waals surface area contributed by atoms with E-state index in [0.717, 1.165) is 6.42 Å². The average Bonchev–Trinajstić information content (AvgIpc) is 2.98. The van der Waals surface area contributed by atoms with Gasteiger partial charge in [0.2, 0.25) is 0 Å². The summed E-state index contributed by atoms with van der Waals surface area (Å²) < 4.78 is 5.01. The van der Waals surface area contributed by atoms with E-state index in [2.05, 4.69) is 43.3 Å². The summed E-state index contributed by atoms with van der Waals surface area (Å²) in [5.41, 5.74) is 2.59. The maximum absolute atomic E-state index is 12.0. The van der Waals surface area contributed by atoms with E-state index in [9.17, 15) is 4.79 Å². The van der Waals surface area contributed by atoms with Gasteiger partial charge in [-0.25, -0.2) is 0 Å². The van der Waals surface area contributed by atoms with E-state index in [4.69, 9.17) is 4.74 Å². The van der Waals surface area contributed by atoms with E-state index in [1.807, 2.05) is 0 Å². The van der Waals surface area contributed by atoms with Crippen LogP contribution in [-0.2, 0) is 9.53 Å². The maximum atomic E-state index is 12.0. The van der Waals surface area contributed by atoms with Crippen LogP contribution >= 0.6 is 0 Å². The summed E-state index contributed by atoms with van der Waals surface area (Å²) in [6.45, 7) is 2.12. The Bertz CT molecular complexity index is 504. The number of allylic oxidation sites excluding steroid dienone is 2. The van der Waals surface area contributed by atoms with Crippen molar-refractivity contribution in [2.75, 3.05) is 7.11 Å². The van der Waals surface area contributed by atoms with Crippen molar-refractivity contribution in [3.63, 3.8) is 0 Å².